The van der Waals surface area contributed by atoms with Crippen molar-refractivity contribution in [3.8, 4) is 0 Å². The Balaban J connectivity index is 2.00. The van der Waals surface area contributed by atoms with Crippen molar-refractivity contribution in [2.45, 2.75) is 46.1 Å². The average molecular weight is 327 g/mol. The predicted octanol–water partition coefficient (Wildman–Crippen LogP) is 4.74. The fourth-order valence-corrected chi connectivity index (χ4v) is 2.59. The number of hydrogen-bond acceptors (Lipinski definition) is 2. The van der Waals surface area contributed by atoms with Crippen LogP contribution < -0.4 is 10.6 Å². The Morgan fingerprint density at radius 1 is 1.13 bits per heavy atom. The lowest BCUT2D eigenvalue weighted by molar-refractivity contribution is 0.589. The van der Waals surface area contributed by atoms with E-state index in [9.17, 15) is 0 Å². The second-order valence-electron chi connectivity index (χ2n) is 6.86. The van der Waals surface area contributed by atoms with Gasteiger partial charge in [0.15, 0.2) is 5.11 Å². The maximum absolute atomic E-state index is 5.39. The van der Waals surface area contributed by atoms with Crippen LogP contribution in [0.15, 0.2) is 42.6 Å². The summed E-state index contributed by atoms with van der Waals surface area (Å²) < 4.78 is 0. The molecule has 0 aliphatic heterocycles. The van der Waals surface area contributed by atoms with Crippen molar-refractivity contribution in [2.24, 2.45) is 0 Å². The van der Waals surface area contributed by atoms with Gasteiger partial charge in [0.2, 0.25) is 0 Å². The molecule has 1 aromatic heterocycles. The van der Waals surface area contributed by atoms with Crippen molar-refractivity contribution in [1.82, 2.24) is 10.3 Å². The van der Waals surface area contributed by atoms with Gasteiger partial charge in [-0.2, -0.15) is 0 Å². The Kier molecular flexibility index (Phi) is 5.37. The molecule has 0 radical (unpaired) electrons. The fraction of sp³-hybridized carbons (Fsp3) is 0.368. The lowest BCUT2D eigenvalue weighted by Crippen LogP contribution is -2.31. The zero-order valence-corrected chi connectivity index (χ0v) is 15.3. The van der Waals surface area contributed by atoms with Crippen LogP contribution in [0.5, 0.6) is 0 Å². The van der Waals surface area contributed by atoms with Crippen molar-refractivity contribution in [2.75, 3.05) is 5.32 Å². The standard InChI is InChI=1S/C19H25N3S/c1-13-7-6-12-20-17(13)22-18(23)21-14(2)15-8-10-16(11-9-15)19(3,4)5/h6-12,14H,1-5H3,(H2,20,21,22,23)/t14-/m0/s1. The number of anilines is 1. The Hall–Kier alpha value is -1.94. The molecule has 0 aliphatic carbocycles. The van der Waals surface area contributed by atoms with Crippen LogP contribution in [0.2, 0.25) is 0 Å². The van der Waals surface area contributed by atoms with Crippen molar-refractivity contribution in [3.05, 3.63) is 59.3 Å². The van der Waals surface area contributed by atoms with Crippen LogP contribution in [0.25, 0.3) is 0 Å². The Morgan fingerprint density at radius 2 is 1.78 bits per heavy atom. The Bertz CT molecular complexity index is 672. The third-order valence-electron chi connectivity index (χ3n) is 3.87. The van der Waals surface area contributed by atoms with Gasteiger partial charge in [-0.25, -0.2) is 4.98 Å². The van der Waals surface area contributed by atoms with Crippen molar-refractivity contribution < 1.29 is 0 Å². The van der Waals surface area contributed by atoms with E-state index in [0.29, 0.717) is 5.11 Å². The van der Waals surface area contributed by atoms with Gasteiger partial charge in [-0.1, -0.05) is 51.1 Å². The first-order valence-corrected chi connectivity index (χ1v) is 8.28. The summed E-state index contributed by atoms with van der Waals surface area (Å²) in [5.41, 5.74) is 3.78. The molecule has 4 heteroatoms. The molecule has 2 aromatic rings. The van der Waals surface area contributed by atoms with E-state index in [0.717, 1.165) is 11.4 Å². The number of rotatable bonds is 3. The van der Waals surface area contributed by atoms with E-state index in [1.807, 2.05) is 19.1 Å². The minimum Gasteiger partial charge on any atom is -0.356 e. The van der Waals surface area contributed by atoms with Crippen LogP contribution in [0, 0.1) is 6.92 Å². The number of aromatic nitrogens is 1. The molecule has 23 heavy (non-hydrogen) atoms. The molecule has 0 unspecified atom stereocenters. The zero-order valence-electron chi connectivity index (χ0n) is 14.5. The van der Waals surface area contributed by atoms with E-state index in [4.69, 9.17) is 12.2 Å². The van der Waals surface area contributed by atoms with Crippen molar-refractivity contribution in [1.29, 1.82) is 0 Å². The maximum Gasteiger partial charge on any atom is 0.172 e. The quantitative estimate of drug-likeness (QED) is 0.799. The maximum atomic E-state index is 5.39. The largest absolute Gasteiger partial charge is 0.356 e. The van der Waals surface area contributed by atoms with Gasteiger partial charge in [0.1, 0.15) is 5.82 Å². The van der Waals surface area contributed by atoms with E-state index in [-0.39, 0.29) is 11.5 Å². The summed E-state index contributed by atoms with van der Waals surface area (Å²) in [5, 5.41) is 7.05. The molecular weight excluding hydrogens is 302 g/mol. The number of nitrogens with zero attached hydrogens (tertiary/aromatic N) is 1. The molecule has 122 valence electrons. The van der Waals surface area contributed by atoms with E-state index in [2.05, 4.69) is 67.6 Å². The Morgan fingerprint density at radius 3 is 2.35 bits per heavy atom. The van der Waals surface area contributed by atoms with Crippen molar-refractivity contribution in [3.63, 3.8) is 0 Å². The molecule has 1 atom stereocenters. The van der Waals surface area contributed by atoms with Gasteiger partial charge in [0.05, 0.1) is 6.04 Å². The minimum absolute atomic E-state index is 0.132. The number of benzene rings is 1. The highest BCUT2D eigenvalue weighted by Gasteiger charge is 2.14. The van der Waals surface area contributed by atoms with Crippen LogP contribution in [0.3, 0.4) is 0 Å². The number of hydrogen-bond donors (Lipinski definition) is 2. The second-order valence-corrected chi connectivity index (χ2v) is 7.27. The summed E-state index contributed by atoms with van der Waals surface area (Å²) in [6, 6.07) is 12.7. The summed E-state index contributed by atoms with van der Waals surface area (Å²) in [5.74, 6) is 0.792. The van der Waals surface area contributed by atoms with Crippen LogP contribution >= 0.6 is 12.2 Å². The lowest BCUT2D eigenvalue weighted by atomic mass is 9.86. The summed E-state index contributed by atoms with van der Waals surface area (Å²) in [6.45, 7) is 10.8. The predicted molar refractivity (Wildman–Crippen MR) is 102 cm³/mol. The highest BCUT2D eigenvalue weighted by molar-refractivity contribution is 7.80. The average Bonchev–Trinajstić information content (AvgIpc) is 2.49. The summed E-state index contributed by atoms with van der Waals surface area (Å²) in [7, 11) is 0. The highest BCUT2D eigenvalue weighted by Crippen LogP contribution is 2.24. The molecule has 0 spiro atoms. The van der Waals surface area contributed by atoms with Gasteiger partial charge in [-0.3, -0.25) is 0 Å². The van der Waals surface area contributed by atoms with Crippen LogP contribution in [-0.4, -0.2) is 10.1 Å². The van der Waals surface area contributed by atoms with E-state index in [1.54, 1.807) is 6.20 Å². The van der Waals surface area contributed by atoms with Crippen LogP contribution in [-0.2, 0) is 5.41 Å². The van der Waals surface area contributed by atoms with Crippen LogP contribution in [0.1, 0.15) is 50.4 Å². The van der Waals surface area contributed by atoms with E-state index < -0.39 is 0 Å². The molecule has 0 saturated heterocycles. The van der Waals surface area contributed by atoms with Crippen molar-refractivity contribution >= 4 is 23.1 Å². The Labute approximate surface area is 144 Å². The number of aryl methyl sites for hydroxylation is 1. The van der Waals surface area contributed by atoms with Gasteiger partial charge in [-0.05, 0) is 54.2 Å². The van der Waals surface area contributed by atoms with Gasteiger partial charge in [0, 0.05) is 6.20 Å². The van der Waals surface area contributed by atoms with Crippen LogP contribution in [0.4, 0.5) is 5.82 Å². The fourth-order valence-electron chi connectivity index (χ4n) is 2.31. The molecular formula is C19H25N3S. The molecule has 2 rings (SSSR count). The zero-order chi connectivity index (χ0) is 17.0. The summed E-state index contributed by atoms with van der Waals surface area (Å²) in [6.07, 6.45) is 1.76. The normalized spacial score (nSPS) is 12.6. The molecule has 1 heterocycles. The molecule has 0 fully saturated rings. The molecule has 1 aromatic carbocycles. The third-order valence-corrected chi connectivity index (χ3v) is 4.09. The molecule has 3 nitrogen and oxygen atoms in total. The number of nitrogens with one attached hydrogen (secondary N) is 2. The SMILES string of the molecule is Cc1cccnc1NC(=S)N[C@@H](C)c1ccc(C(C)(C)C)cc1. The molecule has 0 aliphatic rings. The lowest BCUT2D eigenvalue weighted by Gasteiger charge is -2.21. The third kappa shape index (κ3) is 4.76. The first-order valence-electron chi connectivity index (χ1n) is 7.87. The van der Waals surface area contributed by atoms with Gasteiger partial charge in [-0.15, -0.1) is 0 Å². The highest BCUT2D eigenvalue weighted by atomic mass is 32.1. The minimum atomic E-state index is 0.132. The van der Waals surface area contributed by atoms with E-state index >= 15 is 0 Å². The van der Waals surface area contributed by atoms with Gasteiger partial charge < -0.3 is 10.6 Å². The molecule has 2 N–H and O–H groups in total. The molecule has 0 bridgehead atoms. The molecule has 0 saturated carbocycles. The monoisotopic (exact) mass is 327 g/mol. The smallest absolute Gasteiger partial charge is 0.172 e. The summed E-state index contributed by atoms with van der Waals surface area (Å²) in [4.78, 5) is 4.30. The van der Waals surface area contributed by atoms with Gasteiger partial charge in [0.25, 0.3) is 0 Å². The topological polar surface area (TPSA) is 37.0 Å². The second kappa shape index (κ2) is 7.09. The number of thiocarbonyl (C=S) groups is 1. The first kappa shape index (κ1) is 17.4. The van der Waals surface area contributed by atoms with Gasteiger partial charge >= 0.3 is 0 Å². The summed E-state index contributed by atoms with van der Waals surface area (Å²) >= 11 is 5.39. The number of pyridine rings is 1. The van der Waals surface area contributed by atoms with E-state index in [1.165, 1.54) is 11.1 Å². The first-order chi connectivity index (χ1) is 10.8. The molecule has 0 amide bonds.